The highest BCUT2D eigenvalue weighted by Crippen LogP contribution is 2.30. The Hall–Kier alpha value is -2.72. The van der Waals surface area contributed by atoms with E-state index in [2.05, 4.69) is 20.0 Å². The average molecular weight is 529 g/mol. The molecule has 4 rings (SSSR count). The van der Waals surface area contributed by atoms with Crippen molar-refractivity contribution >= 4 is 23.2 Å². The lowest BCUT2D eigenvalue weighted by Gasteiger charge is -2.31. The zero-order chi connectivity index (χ0) is 26.2. The van der Waals surface area contributed by atoms with Crippen LogP contribution in [0.2, 0.25) is 0 Å². The molecular weight excluding hydrogens is 490 g/mol. The van der Waals surface area contributed by atoms with Gasteiger partial charge in [0.25, 0.3) is 0 Å². The molecule has 2 aliphatic rings. The van der Waals surface area contributed by atoms with Crippen molar-refractivity contribution in [1.29, 1.82) is 0 Å². The smallest absolute Gasteiger partial charge is 0.317 e. The monoisotopic (exact) mass is 528 g/mol. The van der Waals surface area contributed by atoms with Crippen LogP contribution < -0.4 is 14.8 Å². The van der Waals surface area contributed by atoms with Crippen LogP contribution in [0.5, 0.6) is 5.88 Å². The first-order valence-corrected chi connectivity index (χ1v) is 14.5. The Morgan fingerprint density at radius 2 is 1.78 bits per heavy atom. The van der Waals surface area contributed by atoms with Crippen LogP contribution in [0.4, 0.5) is 10.7 Å². The number of hydrogen-bond acceptors (Lipinski definition) is 6. The second kappa shape index (κ2) is 13.2. The van der Waals surface area contributed by atoms with Crippen LogP contribution in [0.1, 0.15) is 68.9 Å². The van der Waals surface area contributed by atoms with Gasteiger partial charge < -0.3 is 19.5 Å². The van der Waals surface area contributed by atoms with Crippen molar-refractivity contribution < 1.29 is 18.3 Å². The molecule has 10 heteroatoms. The summed E-state index contributed by atoms with van der Waals surface area (Å²) in [7, 11) is 0. The van der Waals surface area contributed by atoms with Crippen molar-refractivity contribution in [3.05, 3.63) is 35.4 Å². The largest absolute Gasteiger partial charge is 0.755 e. The quantitative estimate of drug-likeness (QED) is 0.448. The molecule has 1 aromatic heterocycles. The lowest BCUT2D eigenvalue weighted by atomic mass is 9.85. The van der Waals surface area contributed by atoms with E-state index < -0.39 is 11.3 Å². The van der Waals surface area contributed by atoms with Crippen LogP contribution in [-0.4, -0.2) is 55.4 Å². The van der Waals surface area contributed by atoms with Crippen LogP contribution in [0, 0.1) is 19.8 Å². The van der Waals surface area contributed by atoms with Crippen molar-refractivity contribution in [3.8, 4) is 17.1 Å². The number of nitrogens with zero attached hydrogens (tertiary/aromatic N) is 3. The molecular formula is C27H38N5O4S-. The zero-order valence-corrected chi connectivity index (χ0v) is 22.6. The van der Waals surface area contributed by atoms with Crippen LogP contribution in [0.15, 0.2) is 24.3 Å². The van der Waals surface area contributed by atoms with Crippen LogP contribution in [0.3, 0.4) is 0 Å². The van der Waals surface area contributed by atoms with Gasteiger partial charge in [0.1, 0.15) is 6.61 Å². The molecule has 37 heavy (non-hydrogen) atoms. The fourth-order valence-corrected chi connectivity index (χ4v) is 5.75. The third-order valence-electron chi connectivity index (χ3n) is 7.36. The third kappa shape index (κ3) is 7.88. The SMILES string of the molecule is Cc1cccc(C)c1-c1cc(OC[C@@H](CC2CCCCC2)NC(=O)N2CCCCC2)nc(NS(=O)[O-])n1. The van der Waals surface area contributed by atoms with Gasteiger partial charge in [-0.15, -0.1) is 0 Å². The summed E-state index contributed by atoms with van der Waals surface area (Å²) in [5, 5.41) is 3.22. The van der Waals surface area contributed by atoms with Crippen LogP contribution >= 0.6 is 0 Å². The number of carbonyl (C=O) groups excluding carboxylic acids is 1. The number of carbonyl (C=O) groups is 1. The third-order valence-corrected chi connectivity index (χ3v) is 7.71. The first-order valence-electron chi connectivity index (χ1n) is 13.4. The number of benzene rings is 1. The van der Waals surface area contributed by atoms with E-state index in [9.17, 15) is 13.6 Å². The zero-order valence-electron chi connectivity index (χ0n) is 21.8. The number of urea groups is 1. The van der Waals surface area contributed by atoms with E-state index in [1.165, 1.54) is 38.5 Å². The predicted molar refractivity (Wildman–Crippen MR) is 144 cm³/mol. The highest BCUT2D eigenvalue weighted by atomic mass is 32.2. The van der Waals surface area contributed by atoms with E-state index in [1.54, 1.807) is 6.07 Å². The van der Waals surface area contributed by atoms with Crippen molar-refractivity contribution in [2.75, 3.05) is 24.4 Å². The van der Waals surface area contributed by atoms with Gasteiger partial charge in [-0.05, 0) is 56.6 Å². The summed E-state index contributed by atoms with van der Waals surface area (Å²) >= 11 is -2.57. The summed E-state index contributed by atoms with van der Waals surface area (Å²) in [5.41, 5.74) is 3.52. The molecule has 202 valence electrons. The van der Waals surface area contributed by atoms with Gasteiger partial charge >= 0.3 is 6.03 Å². The number of nitrogens with one attached hydrogen (secondary N) is 2. The summed E-state index contributed by atoms with van der Waals surface area (Å²) in [5.74, 6) is 0.769. The van der Waals surface area contributed by atoms with Gasteiger partial charge in [0.2, 0.25) is 11.8 Å². The molecule has 2 atom stereocenters. The van der Waals surface area contributed by atoms with Gasteiger partial charge in [0.15, 0.2) is 0 Å². The Morgan fingerprint density at radius 3 is 2.46 bits per heavy atom. The minimum atomic E-state index is -2.57. The molecule has 0 radical (unpaired) electrons. The van der Waals surface area contributed by atoms with Gasteiger partial charge in [0.05, 0.1) is 11.7 Å². The highest BCUT2D eigenvalue weighted by Gasteiger charge is 2.24. The fraction of sp³-hybridized carbons (Fsp3) is 0.593. The van der Waals surface area contributed by atoms with Crippen molar-refractivity contribution in [1.82, 2.24) is 20.2 Å². The molecule has 2 heterocycles. The number of hydrogen-bond donors (Lipinski definition) is 2. The van der Waals surface area contributed by atoms with E-state index in [0.717, 1.165) is 49.0 Å². The van der Waals surface area contributed by atoms with Gasteiger partial charge in [-0.1, -0.05) is 50.3 Å². The summed E-state index contributed by atoms with van der Waals surface area (Å²) in [6.45, 7) is 5.80. The lowest BCUT2D eigenvalue weighted by Crippen LogP contribution is -2.49. The Labute approximate surface area is 222 Å². The summed E-state index contributed by atoms with van der Waals surface area (Å²) in [4.78, 5) is 23.6. The minimum Gasteiger partial charge on any atom is -0.755 e. The Morgan fingerprint density at radius 1 is 1.11 bits per heavy atom. The molecule has 2 N–H and O–H groups in total. The minimum absolute atomic E-state index is 0.0351. The van der Waals surface area contributed by atoms with E-state index in [1.807, 2.05) is 36.9 Å². The molecule has 2 amide bonds. The lowest BCUT2D eigenvalue weighted by molar-refractivity contribution is 0.166. The van der Waals surface area contributed by atoms with Crippen molar-refractivity contribution in [2.45, 2.75) is 77.7 Å². The molecule has 2 fully saturated rings. The molecule has 1 aliphatic heterocycles. The number of ether oxygens (including phenoxy) is 1. The number of piperidine rings is 1. The van der Waals surface area contributed by atoms with E-state index in [-0.39, 0.29) is 30.5 Å². The topological polar surface area (TPSA) is 120 Å². The summed E-state index contributed by atoms with van der Waals surface area (Å²) < 4.78 is 31.1. The Kier molecular flexibility index (Phi) is 9.74. The van der Waals surface area contributed by atoms with Crippen molar-refractivity contribution in [3.63, 3.8) is 0 Å². The number of rotatable bonds is 9. The molecule has 0 bridgehead atoms. The fourth-order valence-electron chi connectivity index (χ4n) is 5.51. The van der Waals surface area contributed by atoms with E-state index in [0.29, 0.717) is 11.6 Å². The van der Waals surface area contributed by atoms with Gasteiger partial charge in [-0.2, -0.15) is 4.98 Å². The van der Waals surface area contributed by atoms with Gasteiger partial charge in [-0.3, -0.25) is 8.93 Å². The van der Waals surface area contributed by atoms with Crippen LogP contribution in [0.25, 0.3) is 11.3 Å². The number of aromatic nitrogens is 2. The summed E-state index contributed by atoms with van der Waals surface area (Å²) in [6.07, 6.45) is 10.2. The Balaban J connectivity index is 1.53. The van der Waals surface area contributed by atoms with E-state index >= 15 is 0 Å². The number of amides is 2. The molecule has 9 nitrogen and oxygen atoms in total. The first kappa shape index (κ1) is 27.3. The molecule has 1 saturated carbocycles. The molecule has 1 aliphatic carbocycles. The second-order valence-corrected chi connectivity index (χ2v) is 10.9. The van der Waals surface area contributed by atoms with Gasteiger partial charge in [-0.25, -0.2) is 9.78 Å². The normalized spacial score (nSPS) is 18.2. The number of aryl methyl sites for hydroxylation is 2. The Bertz CT molecular complexity index is 1070. The average Bonchev–Trinajstić information content (AvgIpc) is 2.88. The first-order chi connectivity index (χ1) is 17.9. The van der Waals surface area contributed by atoms with Crippen LogP contribution in [-0.2, 0) is 11.3 Å². The van der Waals surface area contributed by atoms with Crippen molar-refractivity contribution in [2.24, 2.45) is 5.92 Å². The second-order valence-electron chi connectivity index (χ2n) is 10.3. The molecule has 1 aromatic carbocycles. The molecule has 1 unspecified atom stereocenters. The number of anilines is 1. The molecule has 0 spiro atoms. The maximum absolute atomic E-state index is 13.0. The standard InChI is InChI=1S/C27H39N5O4S/c1-19-10-9-11-20(2)25(19)23-17-24(30-26(29-23)31-37(34)35)36-18-22(16-21-12-5-3-6-13-21)28-27(33)32-14-7-4-8-15-32/h9-11,17,21-22H,3-8,12-16,18H2,1-2H3,(H,28,33)(H,34,35)(H,29,30,31)/p-1/t22-/m1/s1. The summed E-state index contributed by atoms with van der Waals surface area (Å²) in [6, 6.07) is 7.48. The van der Waals surface area contributed by atoms with E-state index in [4.69, 9.17) is 4.74 Å². The number of likely N-dealkylation sites (tertiary alicyclic amines) is 1. The maximum Gasteiger partial charge on any atom is 0.317 e. The molecule has 2 aromatic rings. The van der Waals surface area contributed by atoms with Gasteiger partial charge in [0, 0.05) is 36.0 Å². The highest BCUT2D eigenvalue weighted by molar-refractivity contribution is 7.80. The maximum atomic E-state index is 13.0. The predicted octanol–water partition coefficient (Wildman–Crippen LogP) is 4.88. The molecule has 1 saturated heterocycles.